The largest absolute Gasteiger partial charge is 0.450 e. The standard InChI is InChI=1S/C20H36N4O5S/c1-3-29-20(26)22-11-13-23(14-12-22)30(27,28)24-10-6-8-17(15-24)19(25)21-18-9-5-4-7-16(18)2/h16-18H,3-15H2,1-2H3,(H,21,25). The molecule has 10 heteroatoms. The van der Waals surface area contributed by atoms with Gasteiger partial charge in [-0.05, 0) is 38.5 Å². The lowest BCUT2D eigenvalue weighted by Crippen LogP contribution is -2.56. The summed E-state index contributed by atoms with van der Waals surface area (Å²) in [7, 11) is -3.65. The highest BCUT2D eigenvalue weighted by Gasteiger charge is 2.38. The summed E-state index contributed by atoms with van der Waals surface area (Å²) in [6.45, 7) is 6.01. The first-order valence-corrected chi connectivity index (χ1v) is 12.7. The Morgan fingerprint density at radius 3 is 2.33 bits per heavy atom. The second-order valence-corrected chi connectivity index (χ2v) is 10.6. The van der Waals surface area contributed by atoms with E-state index in [0.717, 1.165) is 25.7 Å². The van der Waals surface area contributed by atoms with E-state index in [9.17, 15) is 18.0 Å². The van der Waals surface area contributed by atoms with Gasteiger partial charge in [0.05, 0.1) is 12.5 Å². The minimum atomic E-state index is -3.65. The first-order chi connectivity index (χ1) is 14.3. The Bertz CT molecular complexity index is 708. The van der Waals surface area contributed by atoms with Crippen LogP contribution >= 0.6 is 0 Å². The Morgan fingerprint density at radius 1 is 0.967 bits per heavy atom. The van der Waals surface area contributed by atoms with Crippen LogP contribution in [0.2, 0.25) is 0 Å². The van der Waals surface area contributed by atoms with Gasteiger partial charge in [0.2, 0.25) is 5.91 Å². The molecular weight excluding hydrogens is 408 g/mol. The van der Waals surface area contributed by atoms with Crippen LogP contribution in [0.25, 0.3) is 0 Å². The summed E-state index contributed by atoms with van der Waals surface area (Å²) in [5.74, 6) is 0.158. The van der Waals surface area contributed by atoms with Gasteiger partial charge in [0.1, 0.15) is 0 Å². The Hall–Kier alpha value is -1.39. The number of piperazine rings is 1. The minimum Gasteiger partial charge on any atom is -0.450 e. The maximum atomic E-state index is 13.1. The highest BCUT2D eigenvalue weighted by Crippen LogP contribution is 2.26. The van der Waals surface area contributed by atoms with Gasteiger partial charge in [0.25, 0.3) is 10.2 Å². The molecule has 2 amide bonds. The Morgan fingerprint density at radius 2 is 1.67 bits per heavy atom. The summed E-state index contributed by atoms with van der Waals surface area (Å²) in [5, 5.41) is 3.19. The number of carbonyl (C=O) groups is 2. The zero-order valence-corrected chi connectivity index (χ0v) is 19.0. The van der Waals surface area contributed by atoms with Crippen molar-refractivity contribution in [3.05, 3.63) is 0 Å². The monoisotopic (exact) mass is 444 g/mol. The van der Waals surface area contributed by atoms with Gasteiger partial charge in [0.15, 0.2) is 0 Å². The molecule has 3 fully saturated rings. The van der Waals surface area contributed by atoms with Gasteiger partial charge in [-0.1, -0.05) is 19.8 Å². The summed E-state index contributed by atoms with van der Waals surface area (Å²) in [4.78, 5) is 26.2. The molecule has 3 atom stereocenters. The maximum Gasteiger partial charge on any atom is 0.409 e. The van der Waals surface area contributed by atoms with E-state index in [4.69, 9.17) is 4.74 Å². The fourth-order valence-electron chi connectivity index (χ4n) is 4.68. The van der Waals surface area contributed by atoms with Crippen molar-refractivity contribution >= 4 is 22.2 Å². The van der Waals surface area contributed by atoms with Crippen molar-refractivity contribution in [1.29, 1.82) is 0 Å². The van der Waals surface area contributed by atoms with Crippen LogP contribution in [0, 0.1) is 11.8 Å². The third kappa shape index (κ3) is 5.45. The predicted molar refractivity (Wildman–Crippen MR) is 113 cm³/mol. The number of ether oxygens (including phenoxy) is 1. The topological polar surface area (TPSA) is 99.3 Å². The van der Waals surface area contributed by atoms with Gasteiger partial charge >= 0.3 is 6.09 Å². The number of rotatable bonds is 5. The molecule has 0 aromatic carbocycles. The normalized spacial score (nSPS) is 29.4. The molecule has 30 heavy (non-hydrogen) atoms. The zero-order valence-electron chi connectivity index (χ0n) is 18.2. The molecule has 172 valence electrons. The van der Waals surface area contributed by atoms with Crippen LogP contribution < -0.4 is 5.32 Å². The van der Waals surface area contributed by atoms with Crippen molar-refractivity contribution in [3.8, 4) is 0 Å². The number of amides is 2. The van der Waals surface area contributed by atoms with Crippen molar-refractivity contribution < 1.29 is 22.7 Å². The SMILES string of the molecule is CCOC(=O)N1CCN(S(=O)(=O)N2CCCC(C(=O)NC3CCCCC3C)C2)CC1. The number of nitrogens with zero attached hydrogens (tertiary/aromatic N) is 3. The first kappa shape index (κ1) is 23.3. The molecule has 2 heterocycles. The Balaban J connectivity index is 1.55. The highest BCUT2D eigenvalue weighted by atomic mass is 32.2. The van der Waals surface area contributed by atoms with E-state index in [1.54, 1.807) is 6.92 Å². The fraction of sp³-hybridized carbons (Fsp3) is 0.900. The number of hydrogen-bond donors (Lipinski definition) is 1. The number of carbonyl (C=O) groups excluding carboxylic acids is 2. The molecule has 0 aromatic heterocycles. The number of piperidine rings is 1. The van der Waals surface area contributed by atoms with E-state index in [1.807, 2.05) is 0 Å². The molecule has 3 unspecified atom stereocenters. The van der Waals surface area contributed by atoms with E-state index >= 15 is 0 Å². The van der Waals surface area contributed by atoms with Crippen LogP contribution in [-0.2, 0) is 19.7 Å². The maximum absolute atomic E-state index is 13.1. The molecule has 3 rings (SSSR count). The van der Waals surface area contributed by atoms with Crippen LogP contribution in [0.3, 0.4) is 0 Å². The molecule has 2 aliphatic heterocycles. The van der Waals surface area contributed by atoms with Gasteiger partial charge < -0.3 is 15.0 Å². The van der Waals surface area contributed by atoms with Gasteiger partial charge in [-0.2, -0.15) is 17.0 Å². The van der Waals surface area contributed by atoms with Crippen molar-refractivity contribution in [2.24, 2.45) is 11.8 Å². The molecular formula is C20H36N4O5S. The van der Waals surface area contributed by atoms with Crippen molar-refractivity contribution in [2.75, 3.05) is 45.9 Å². The molecule has 1 aliphatic carbocycles. The molecule has 0 radical (unpaired) electrons. The van der Waals surface area contributed by atoms with E-state index < -0.39 is 16.3 Å². The molecule has 9 nitrogen and oxygen atoms in total. The molecule has 1 saturated carbocycles. The molecule has 2 saturated heterocycles. The predicted octanol–water partition coefficient (Wildman–Crippen LogP) is 1.41. The minimum absolute atomic E-state index is 0.0132. The van der Waals surface area contributed by atoms with Crippen molar-refractivity contribution in [1.82, 2.24) is 18.8 Å². The number of nitrogens with one attached hydrogen (secondary N) is 1. The molecule has 3 aliphatic rings. The summed E-state index contributed by atoms with van der Waals surface area (Å²) in [5.41, 5.74) is 0. The van der Waals surface area contributed by atoms with Gasteiger partial charge in [-0.3, -0.25) is 4.79 Å². The molecule has 1 N–H and O–H groups in total. The van der Waals surface area contributed by atoms with E-state index in [2.05, 4.69) is 12.2 Å². The second-order valence-electron chi connectivity index (χ2n) is 8.67. The summed E-state index contributed by atoms with van der Waals surface area (Å²) in [6, 6.07) is 0.203. The number of hydrogen-bond acceptors (Lipinski definition) is 5. The molecule has 0 aromatic rings. The average Bonchev–Trinajstić information content (AvgIpc) is 2.75. The highest BCUT2D eigenvalue weighted by molar-refractivity contribution is 7.86. The lowest BCUT2D eigenvalue weighted by atomic mass is 9.85. The van der Waals surface area contributed by atoms with E-state index in [-0.39, 0.29) is 37.5 Å². The lowest BCUT2D eigenvalue weighted by Gasteiger charge is -2.39. The van der Waals surface area contributed by atoms with E-state index in [1.165, 1.54) is 19.9 Å². The fourth-order valence-corrected chi connectivity index (χ4v) is 6.36. The van der Waals surface area contributed by atoms with Crippen LogP contribution in [-0.4, -0.2) is 85.8 Å². The van der Waals surface area contributed by atoms with Gasteiger partial charge in [0, 0.05) is 45.3 Å². The van der Waals surface area contributed by atoms with Crippen LogP contribution in [0.1, 0.15) is 52.4 Å². The molecule has 0 spiro atoms. The average molecular weight is 445 g/mol. The Kier molecular flexibility index (Phi) is 7.98. The molecule has 0 bridgehead atoms. The summed E-state index contributed by atoms with van der Waals surface area (Å²) in [6.07, 6.45) is 5.49. The summed E-state index contributed by atoms with van der Waals surface area (Å²) >= 11 is 0. The second kappa shape index (κ2) is 10.3. The quantitative estimate of drug-likeness (QED) is 0.691. The zero-order chi connectivity index (χ0) is 21.7. The lowest BCUT2D eigenvalue weighted by molar-refractivity contribution is -0.127. The first-order valence-electron chi connectivity index (χ1n) is 11.3. The third-order valence-corrected chi connectivity index (χ3v) is 8.61. The Labute approximate surface area is 180 Å². The van der Waals surface area contributed by atoms with Crippen molar-refractivity contribution in [2.45, 2.75) is 58.4 Å². The van der Waals surface area contributed by atoms with Crippen LogP contribution in [0.5, 0.6) is 0 Å². The van der Waals surface area contributed by atoms with E-state index in [0.29, 0.717) is 38.6 Å². The van der Waals surface area contributed by atoms with Crippen molar-refractivity contribution in [3.63, 3.8) is 0 Å². The third-order valence-electron chi connectivity index (χ3n) is 6.61. The van der Waals surface area contributed by atoms with Gasteiger partial charge in [-0.25, -0.2) is 4.79 Å². The van der Waals surface area contributed by atoms with Gasteiger partial charge in [-0.15, -0.1) is 0 Å². The van der Waals surface area contributed by atoms with Crippen LogP contribution in [0.15, 0.2) is 0 Å². The summed E-state index contributed by atoms with van der Waals surface area (Å²) < 4.78 is 34.1. The van der Waals surface area contributed by atoms with Crippen LogP contribution in [0.4, 0.5) is 4.79 Å². The smallest absolute Gasteiger partial charge is 0.409 e.